The van der Waals surface area contributed by atoms with E-state index in [0.717, 1.165) is 37.6 Å². The maximum atomic E-state index is 4.29. The van der Waals surface area contributed by atoms with Gasteiger partial charge in [-0.15, -0.1) is 5.10 Å². The van der Waals surface area contributed by atoms with Crippen LogP contribution in [0.15, 0.2) is 12.1 Å². The third kappa shape index (κ3) is 3.40. The van der Waals surface area contributed by atoms with Crippen LogP contribution < -0.4 is 10.2 Å². The summed E-state index contributed by atoms with van der Waals surface area (Å²) in [6.07, 6.45) is 3.71. The zero-order chi connectivity index (χ0) is 12.1. The van der Waals surface area contributed by atoms with E-state index >= 15 is 0 Å². The van der Waals surface area contributed by atoms with Gasteiger partial charge in [-0.05, 0) is 44.9 Å². The number of anilines is 1. The Bertz CT molecular complexity index is 330. The second kappa shape index (κ2) is 5.96. The molecule has 1 atom stereocenters. The fraction of sp³-hybridized carbons (Fsp3) is 0.692. The fourth-order valence-corrected chi connectivity index (χ4v) is 2.31. The minimum atomic E-state index is 0.615. The summed E-state index contributed by atoms with van der Waals surface area (Å²) in [6, 6.07) is 4.73. The monoisotopic (exact) mass is 234 g/mol. The molecule has 1 aromatic rings. The first-order chi connectivity index (χ1) is 8.29. The topological polar surface area (TPSA) is 41.0 Å². The Kier molecular flexibility index (Phi) is 4.31. The molecule has 1 aliphatic rings. The molecule has 0 saturated carbocycles. The Hall–Kier alpha value is -1.16. The van der Waals surface area contributed by atoms with Crippen LogP contribution in [0.25, 0.3) is 0 Å². The summed E-state index contributed by atoms with van der Waals surface area (Å²) < 4.78 is 0. The van der Waals surface area contributed by atoms with Crippen molar-refractivity contribution >= 4 is 5.82 Å². The van der Waals surface area contributed by atoms with Crippen molar-refractivity contribution < 1.29 is 0 Å². The van der Waals surface area contributed by atoms with E-state index < -0.39 is 0 Å². The summed E-state index contributed by atoms with van der Waals surface area (Å²) in [5.74, 6) is 1.01. The van der Waals surface area contributed by atoms with E-state index in [2.05, 4.69) is 33.4 Å². The van der Waals surface area contributed by atoms with Crippen molar-refractivity contribution in [3.05, 3.63) is 17.8 Å². The molecule has 0 aromatic carbocycles. The second-order valence-electron chi connectivity index (χ2n) is 4.77. The van der Waals surface area contributed by atoms with Gasteiger partial charge in [-0.2, -0.15) is 5.10 Å². The van der Waals surface area contributed by atoms with Gasteiger partial charge in [-0.3, -0.25) is 0 Å². The van der Waals surface area contributed by atoms with Gasteiger partial charge < -0.3 is 10.2 Å². The lowest BCUT2D eigenvalue weighted by Gasteiger charge is -2.26. The molecule has 2 rings (SSSR count). The third-order valence-electron chi connectivity index (χ3n) is 3.20. The van der Waals surface area contributed by atoms with Crippen molar-refractivity contribution in [2.45, 2.75) is 39.2 Å². The van der Waals surface area contributed by atoms with Crippen LogP contribution >= 0.6 is 0 Å². The molecule has 1 aliphatic heterocycles. The van der Waals surface area contributed by atoms with Crippen LogP contribution in [0, 0.1) is 6.92 Å². The summed E-state index contributed by atoms with van der Waals surface area (Å²) in [6.45, 7) is 7.43. The molecule has 2 heterocycles. The van der Waals surface area contributed by atoms with Gasteiger partial charge in [0.15, 0.2) is 5.82 Å². The van der Waals surface area contributed by atoms with Crippen molar-refractivity contribution in [3.63, 3.8) is 0 Å². The highest BCUT2D eigenvalue weighted by molar-refractivity contribution is 5.37. The van der Waals surface area contributed by atoms with Gasteiger partial charge in [0.2, 0.25) is 0 Å². The average molecular weight is 234 g/mol. The number of nitrogens with one attached hydrogen (secondary N) is 1. The molecule has 0 bridgehead atoms. The van der Waals surface area contributed by atoms with Crippen LogP contribution in [0.5, 0.6) is 0 Å². The molecule has 94 valence electrons. The van der Waals surface area contributed by atoms with Crippen LogP contribution in [0.2, 0.25) is 0 Å². The highest BCUT2D eigenvalue weighted by Crippen LogP contribution is 2.14. The van der Waals surface area contributed by atoms with Gasteiger partial charge in [0.1, 0.15) is 0 Å². The first-order valence-electron chi connectivity index (χ1n) is 6.58. The van der Waals surface area contributed by atoms with Crippen LogP contribution in [-0.4, -0.2) is 35.9 Å². The molecule has 1 unspecified atom stereocenters. The zero-order valence-electron chi connectivity index (χ0n) is 10.8. The molecule has 17 heavy (non-hydrogen) atoms. The predicted octanol–water partition coefficient (Wildman–Crippen LogP) is 1.75. The Morgan fingerprint density at radius 2 is 2.29 bits per heavy atom. The Morgan fingerprint density at radius 3 is 2.88 bits per heavy atom. The maximum absolute atomic E-state index is 4.29. The molecule has 4 heteroatoms. The van der Waals surface area contributed by atoms with Crippen molar-refractivity contribution in [1.29, 1.82) is 0 Å². The van der Waals surface area contributed by atoms with Crippen molar-refractivity contribution in [1.82, 2.24) is 15.5 Å². The van der Waals surface area contributed by atoms with Crippen LogP contribution in [0.4, 0.5) is 5.82 Å². The smallest absolute Gasteiger partial charge is 0.151 e. The summed E-state index contributed by atoms with van der Waals surface area (Å²) in [5.41, 5.74) is 0.976. The number of rotatable bonds is 5. The molecule has 1 aromatic heterocycles. The number of aryl methyl sites for hydroxylation is 1. The Labute approximate surface area is 103 Å². The standard InChI is InChI=1S/C13H22N4/c1-3-9-17(10-12-5-4-8-14-12)13-7-6-11(2)15-16-13/h6-7,12,14H,3-5,8-10H2,1-2H3. The van der Waals surface area contributed by atoms with E-state index in [9.17, 15) is 0 Å². The van der Waals surface area contributed by atoms with E-state index in [1.807, 2.05) is 13.0 Å². The van der Waals surface area contributed by atoms with Gasteiger partial charge in [0, 0.05) is 19.1 Å². The van der Waals surface area contributed by atoms with E-state index in [0.29, 0.717) is 6.04 Å². The number of hydrogen-bond acceptors (Lipinski definition) is 4. The lowest BCUT2D eigenvalue weighted by Crippen LogP contribution is -2.38. The van der Waals surface area contributed by atoms with Crippen molar-refractivity contribution in [2.75, 3.05) is 24.5 Å². The van der Waals surface area contributed by atoms with Crippen LogP contribution in [0.1, 0.15) is 31.9 Å². The molecule has 0 amide bonds. The molecule has 0 spiro atoms. The van der Waals surface area contributed by atoms with E-state index in [1.165, 1.54) is 12.8 Å². The molecule has 1 N–H and O–H groups in total. The number of hydrogen-bond donors (Lipinski definition) is 1. The summed E-state index contributed by atoms with van der Waals surface area (Å²) >= 11 is 0. The fourth-order valence-electron chi connectivity index (χ4n) is 2.31. The third-order valence-corrected chi connectivity index (χ3v) is 3.20. The largest absolute Gasteiger partial charge is 0.354 e. The molecular formula is C13H22N4. The lowest BCUT2D eigenvalue weighted by atomic mass is 10.2. The number of aromatic nitrogens is 2. The van der Waals surface area contributed by atoms with Gasteiger partial charge in [-0.1, -0.05) is 6.92 Å². The van der Waals surface area contributed by atoms with E-state index in [1.54, 1.807) is 0 Å². The zero-order valence-corrected chi connectivity index (χ0v) is 10.8. The Morgan fingerprint density at radius 1 is 1.41 bits per heavy atom. The molecule has 0 aliphatic carbocycles. The van der Waals surface area contributed by atoms with Gasteiger partial charge in [0.05, 0.1) is 5.69 Å². The SMILES string of the molecule is CCCN(CC1CCCN1)c1ccc(C)nn1. The molecule has 1 saturated heterocycles. The van der Waals surface area contributed by atoms with Crippen LogP contribution in [0.3, 0.4) is 0 Å². The highest BCUT2D eigenvalue weighted by atomic mass is 15.3. The highest BCUT2D eigenvalue weighted by Gasteiger charge is 2.18. The first kappa shape index (κ1) is 12.3. The lowest BCUT2D eigenvalue weighted by molar-refractivity contribution is 0.573. The molecule has 0 radical (unpaired) electrons. The normalized spacial score (nSPS) is 19.5. The summed E-state index contributed by atoms with van der Waals surface area (Å²) in [7, 11) is 0. The predicted molar refractivity (Wildman–Crippen MR) is 70.3 cm³/mol. The van der Waals surface area contributed by atoms with Gasteiger partial charge >= 0.3 is 0 Å². The minimum Gasteiger partial charge on any atom is -0.354 e. The van der Waals surface area contributed by atoms with Gasteiger partial charge in [0.25, 0.3) is 0 Å². The first-order valence-corrected chi connectivity index (χ1v) is 6.58. The second-order valence-corrected chi connectivity index (χ2v) is 4.77. The molecular weight excluding hydrogens is 212 g/mol. The Balaban J connectivity index is 2.02. The average Bonchev–Trinajstić information content (AvgIpc) is 2.82. The maximum Gasteiger partial charge on any atom is 0.151 e. The summed E-state index contributed by atoms with van der Waals surface area (Å²) in [4.78, 5) is 2.34. The molecule has 4 nitrogen and oxygen atoms in total. The van der Waals surface area contributed by atoms with E-state index in [-0.39, 0.29) is 0 Å². The molecule has 1 fully saturated rings. The van der Waals surface area contributed by atoms with E-state index in [4.69, 9.17) is 0 Å². The van der Waals surface area contributed by atoms with Gasteiger partial charge in [-0.25, -0.2) is 0 Å². The summed E-state index contributed by atoms with van der Waals surface area (Å²) in [5, 5.41) is 12.0. The minimum absolute atomic E-state index is 0.615. The van der Waals surface area contributed by atoms with Crippen molar-refractivity contribution in [3.8, 4) is 0 Å². The van der Waals surface area contributed by atoms with Crippen molar-refractivity contribution in [2.24, 2.45) is 0 Å². The quantitative estimate of drug-likeness (QED) is 0.843. The van der Waals surface area contributed by atoms with Crippen LogP contribution in [-0.2, 0) is 0 Å². The number of nitrogens with zero attached hydrogens (tertiary/aromatic N) is 3.